The lowest BCUT2D eigenvalue weighted by molar-refractivity contribution is -0.142. The van der Waals surface area contributed by atoms with Crippen LogP contribution in [0.2, 0.25) is 0 Å². The first-order valence-electron chi connectivity index (χ1n) is 11.0. The number of carbonyl (C=O) groups is 2. The van der Waals surface area contributed by atoms with Crippen LogP contribution in [-0.2, 0) is 9.59 Å². The summed E-state index contributed by atoms with van der Waals surface area (Å²) in [5.41, 5.74) is 0.626. The van der Waals surface area contributed by atoms with E-state index in [4.69, 9.17) is 0 Å². The number of piperidine rings is 2. The lowest BCUT2D eigenvalue weighted by Gasteiger charge is -2.61. The molecule has 1 spiro atoms. The predicted molar refractivity (Wildman–Crippen MR) is 105 cm³/mol. The average Bonchev–Trinajstić information content (AvgIpc) is 2.62. The molecule has 4 fully saturated rings. The number of carbonyl (C=O) groups excluding carboxylic acids is 2. The molecule has 4 heterocycles. The maximum absolute atomic E-state index is 12.8. The molecule has 0 radical (unpaired) electrons. The lowest BCUT2D eigenvalue weighted by Crippen LogP contribution is -2.72. The van der Waals surface area contributed by atoms with Crippen molar-refractivity contribution in [2.45, 2.75) is 39.5 Å². The molecule has 0 N–H and O–H groups in total. The fourth-order valence-corrected chi connectivity index (χ4v) is 5.76. The molecule has 4 aliphatic rings. The van der Waals surface area contributed by atoms with Crippen molar-refractivity contribution in [2.75, 3.05) is 65.4 Å². The van der Waals surface area contributed by atoms with E-state index in [0.717, 1.165) is 57.8 Å². The maximum atomic E-state index is 12.8. The Labute approximate surface area is 163 Å². The van der Waals surface area contributed by atoms with Crippen LogP contribution in [0.1, 0.15) is 39.5 Å². The Hall–Kier alpha value is -1.14. The Morgan fingerprint density at radius 3 is 1.96 bits per heavy atom. The summed E-state index contributed by atoms with van der Waals surface area (Å²) < 4.78 is 0. The minimum absolute atomic E-state index is 0.132. The van der Waals surface area contributed by atoms with E-state index in [0.29, 0.717) is 11.3 Å². The van der Waals surface area contributed by atoms with Gasteiger partial charge in [-0.2, -0.15) is 0 Å². The van der Waals surface area contributed by atoms with Gasteiger partial charge in [0.05, 0.1) is 0 Å². The summed E-state index contributed by atoms with van der Waals surface area (Å²) in [6.45, 7) is 14.8. The van der Waals surface area contributed by atoms with Gasteiger partial charge in [0.15, 0.2) is 0 Å². The molecule has 27 heavy (non-hydrogen) atoms. The third kappa shape index (κ3) is 4.02. The summed E-state index contributed by atoms with van der Waals surface area (Å²) >= 11 is 0. The Kier molecular flexibility index (Phi) is 5.48. The van der Waals surface area contributed by atoms with Gasteiger partial charge in [0.1, 0.15) is 0 Å². The van der Waals surface area contributed by atoms with Crippen LogP contribution in [0.15, 0.2) is 0 Å². The molecule has 0 aromatic heterocycles. The third-order valence-corrected chi connectivity index (χ3v) is 7.42. The molecular weight excluding hydrogens is 340 g/mol. The Morgan fingerprint density at radius 1 is 0.852 bits per heavy atom. The molecule has 2 amide bonds. The molecule has 0 saturated carbocycles. The van der Waals surface area contributed by atoms with Crippen molar-refractivity contribution in [3.05, 3.63) is 0 Å². The van der Waals surface area contributed by atoms with E-state index in [1.54, 1.807) is 6.92 Å². The SMILES string of the molecule is CCN1CC2(C1)CN(CC1CCN(C(=O)C3CCN(C(C)=O)CC3)CC1)C2. The third-order valence-electron chi connectivity index (χ3n) is 7.42. The average molecular weight is 377 g/mol. The molecule has 6 nitrogen and oxygen atoms in total. The summed E-state index contributed by atoms with van der Waals surface area (Å²) in [7, 11) is 0. The van der Waals surface area contributed by atoms with Crippen LogP contribution in [0.3, 0.4) is 0 Å². The molecule has 0 aromatic rings. The van der Waals surface area contributed by atoms with E-state index in [1.807, 2.05) is 4.90 Å². The highest BCUT2D eigenvalue weighted by Crippen LogP contribution is 2.40. The number of rotatable bonds is 4. The highest BCUT2D eigenvalue weighted by molar-refractivity contribution is 5.79. The van der Waals surface area contributed by atoms with Crippen molar-refractivity contribution >= 4 is 11.8 Å². The molecular formula is C21H36N4O2. The highest BCUT2D eigenvalue weighted by Gasteiger charge is 2.51. The fraction of sp³-hybridized carbons (Fsp3) is 0.905. The van der Waals surface area contributed by atoms with Gasteiger partial charge in [0.2, 0.25) is 11.8 Å². The zero-order chi connectivity index (χ0) is 19.0. The number of likely N-dealkylation sites (tertiary alicyclic amines) is 4. The molecule has 152 valence electrons. The van der Waals surface area contributed by atoms with E-state index in [-0.39, 0.29) is 11.8 Å². The molecule has 4 saturated heterocycles. The zero-order valence-electron chi connectivity index (χ0n) is 17.2. The van der Waals surface area contributed by atoms with Gasteiger partial charge in [0, 0.05) is 77.2 Å². The van der Waals surface area contributed by atoms with Crippen molar-refractivity contribution in [1.82, 2.24) is 19.6 Å². The number of hydrogen-bond donors (Lipinski definition) is 0. The van der Waals surface area contributed by atoms with Gasteiger partial charge in [-0.15, -0.1) is 0 Å². The smallest absolute Gasteiger partial charge is 0.225 e. The van der Waals surface area contributed by atoms with Gasteiger partial charge in [0.25, 0.3) is 0 Å². The van der Waals surface area contributed by atoms with Gasteiger partial charge >= 0.3 is 0 Å². The van der Waals surface area contributed by atoms with Gasteiger partial charge in [-0.25, -0.2) is 0 Å². The molecule has 0 aliphatic carbocycles. The minimum atomic E-state index is 0.132. The van der Waals surface area contributed by atoms with Gasteiger partial charge < -0.3 is 19.6 Å². The zero-order valence-corrected chi connectivity index (χ0v) is 17.2. The second-order valence-electron chi connectivity index (χ2n) is 9.52. The fourth-order valence-electron chi connectivity index (χ4n) is 5.76. The van der Waals surface area contributed by atoms with Crippen LogP contribution in [-0.4, -0.2) is 96.9 Å². The molecule has 0 atom stereocenters. The van der Waals surface area contributed by atoms with Crippen molar-refractivity contribution < 1.29 is 9.59 Å². The topological polar surface area (TPSA) is 47.1 Å². The van der Waals surface area contributed by atoms with Gasteiger partial charge in [-0.1, -0.05) is 6.92 Å². The molecule has 4 rings (SSSR count). The second-order valence-corrected chi connectivity index (χ2v) is 9.52. The monoisotopic (exact) mass is 376 g/mol. The standard InChI is InChI=1S/C21H36N4O2/c1-3-22-13-21(14-22)15-23(16-21)12-18-4-8-25(9-5-18)20(27)19-6-10-24(11-7-19)17(2)26/h18-19H,3-16H2,1-2H3. The van der Waals surface area contributed by atoms with Crippen molar-refractivity contribution in [3.8, 4) is 0 Å². The molecule has 0 unspecified atom stereocenters. The van der Waals surface area contributed by atoms with Crippen LogP contribution in [0.5, 0.6) is 0 Å². The minimum Gasteiger partial charge on any atom is -0.343 e. The molecule has 0 aromatic carbocycles. The summed E-state index contributed by atoms with van der Waals surface area (Å²) in [6.07, 6.45) is 3.98. The van der Waals surface area contributed by atoms with Crippen molar-refractivity contribution in [1.29, 1.82) is 0 Å². The summed E-state index contributed by atoms with van der Waals surface area (Å²) in [4.78, 5) is 33.4. The van der Waals surface area contributed by atoms with Crippen LogP contribution in [0.25, 0.3) is 0 Å². The van der Waals surface area contributed by atoms with E-state index in [2.05, 4.69) is 21.6 Å². The Balaban J connectivity index is 1.15. The second kappa shape index (κ2) is 7.70. The quantitative estimate of drug-likeness (QED) is 0.738. The molecule has 4 aliphatic heterocycles. The van der Waals surface area contributed by atoms with E-state index >= 15 is 0 Å². The number of amides is 2. The number of nitrogens with zero attached hydrogens (tertiary/aromatic N) is 4. The first-order chi connectivity index (χ1) is 13.0. The van der Waals surface area contributed by atoms with Crippen LogP contribution in [0, 0.1) is 17.3 Å². The van der Waals surface area contributed by atoms with Crippen molar-refractivity contribution in [2.24, 2.45) is 17.3 Å². The number of hydrogen-bond acceptors (Lipinski definition) is 4. The maximum Gasteiger partial charge on any atom is 0.225 e. The van der Waals surface area contributed by atoms with E-state index in [1.165, 1.54) is 39.3 Å². The first-order valence-corrected chi connectivity index (χ1v) is 11.0. The normalized spacial score (nSPS) is 27.5. The predicted octanol–water partition coefficient (Wildman–Crippen LogP) is 1.12. The van der Waals surface area contributed by atoms with Crippen LogP contribution < -0.4 is 0 Å². The van der Waals surface area contributed by atoms with E-state index < -0.39 is 0 Å². The van der Waals surface area contributed by atoms with Gasteiger partial charge in [-0.05, 0) is 38.1 Å². The molecule has 6 heteroatoms. The Bertz CT molecular complexity index is 551. The van der Waals surface area contributed by atoms with Gasteiger partial charge in [-0.3, -0.25) is 9.59 Å². The summed E-state index contributed by atoms with van der Waals surface area (Å²) in [5, 5.41) is 0. The summed E-state index contributed by atoms with van der Waals surface area (Å²) in [6, 6.07) is 0. The largest absolute Gasteiger partial charge is 0.343 e. The molecule has 0 bridgehead atoms. The summed E-state index contributed by atoms with van der Waals surface area (Å²) in [5.74, 6) is 1.37. The van der Waals surface area contributed by atoms with E-state index in [9.17, 15) is 9.59 Å². The highest BCUT2D eigenvalue weighted by atomic mass is 16.2. The van der Waals surface area contributed by atoms with Crippen molar-refractivity contribution in [3.63, 3.8) is 0 Å². The van der Waals surface area contributed by atoms with Crippen LogP contribution in [0.4, 0.5) is 0 Å². The lowest BCUT2D eigenvalue weighted by atomic mass is 9.72. The Morgan fingerprint density at radius 2 is 1.41 bits per heavy atom. The first kappa shape index (κ1) is 19.2. The van der Waals surface area contributed by atoms with Crippen LogP contribution >= 0.6 is 0 Å².